The van der Waals surface area contributed by atoms with E-state index in [0.29, 0.717) is 25.9 Å². The number of urea groups is 1. The molecule has 0 fully saturated rings. The van der Waals surface area contributed by atoms with Crippen molar-refractivity contribution in [2.45, 2.75) is 32.6 Å². The van der Waals surface area contributed by atoms with Gasteiger partial charge in [-0.3, -0.25) is 4.79 Å². The predicted octanol–water partition coefficient (Wildman–Crippen LogP) is 0.351. The Morgan fingerprint density at radius 1 is 1.14 bits per heavy atom. The van der Waals surface area contributed by atoms with Crippen LogP contribution in [0.2, 0.25) is 0 Å². The van der Waals surface area contributed by atoms with Gasteiger partial charge in [-0.1, -0.05) is 13.3 Å². The quantitative estimate of drug-likeness (QED) is 0.519. The van der Waals surface area contributed by atoms with E-state index >= 15 is 0 Å². The van der Waals surface area contributed by atoms with Gasteiger partial charge in [0.2, 0.25) is 5.91 Å². The lowest BCUT2D eigenvalue weighted by Crippen LogP contribution is -2.36. The molecule has 14 heavy (non-hydrogen) atoms. The highest BCUT2D eigenvalue weighted by molar-refractivity contribution is 5.74. The number of hydrogen-bond acceptors (Lipinski definition) is 2. The molecule has 82 valence electrons. The molecule has 0 unspecified atom stereocenters. The highest BCUT2D eigenvalue weighted by Crippen LogP contribution is 1.85. The molecule has 0 atom stereocenters. The van der Waals surface area contributed by atoms with Crippen LogP contribution < -0.4 is 16.4 Å². The second-order valence-electron chi connectivity index (χ2n) is 3.11. The van der Waals surface area contributed by atoms with Crippen LogP contribution in [0.15, 0.2) is 0 Å². The zero-order chi connectivity index (χ0) is 10.8. The number of nitrogens with two attached hydrogens (primary N) is 1. The van der Waals surface area contributed by atoms with Crippen molar-refractivity contribution in [1.82, 2.24) is 10.6 Å². The molecule has 5 nitrogen and oxygen atoms in total. The average molecular weight is 201 g/mol. The first-order chi connectivity index (χ1) is 6.66. The number of carbonyl (C=O) groups is 2. The van der Waals surface area contributed by atoms with Crippen molar-refractivity contribution in [2.75, 3.05) is 13.1 Å². The fraction of sp³-hybridized carbons (Fsp3) is 0.778. The summed E-state index contributed by atoms with van der Waals surface area (Å²) in [6, 6.07) is -0.178. The summed E-state index contributed by atoms with van der Waals surface area (Å²) in [5, 5.41) is 5.34. The molecule has 0 aromatic heterocycles. The molecule has 0 aromatic carbocycles. The summed E-state index contributed by atoms with van der Waals surface area (Å²) in [4.78, 5) is 21.4. The summed E-state index contributed by atoms with van der Waals surface area (Å²) in [7, 11) is 0. The van der Waals surface area contributed by atoms with E-state index in [1.807, 2.05) is 0 Å². The molecular formula is C9H19N3O2. The Bertz CT molecular complexity index is 183. The third-order valence-corrected chi connectivity index (χ3v) is 1.70. The van der Waals surface area contributed by atoms with Crippen molar-refractivity contribution in [3.05, 3.63) is 0 Å². The maximum atomic E-state index is 11.0. The van der Waals surface area contributed by atoms with E-state index in [9.17, 15) is 9.59 Å². The first kappa shape index (κ1) is 12.7. The maximum Gasteiger partial charge on any atom is 0.314 e. The van der Waals surface area contributed by atoms with Gasteiger partial charge in [0.15, 0.2) is 0 Å². The Balaban J connectivity index is 3.22. The van der Waals surface area contributed by atoms with Crippen LogP contribution in [0.5, 0.6) is 0 Å². The topological polar surface area (TPSA) is 84.2 Å². The van der Waals surface area contributed by atoms with E-state index in [2.05, 4.69) is 17.6 Å². The summed E-state index contributed by atoms with van der Waals surface area (Å²) in [6.45, 7) is 3.24. The summed E-state index contributed by atoms with van der Waals surface area (Å²) < 4.78 is 0. The van der Waals surface area contributed by atoms with E-state index in [1.54, 1.807) is 0 Å². The Hall–Kier alpha value is -1.26. The Morgan fingerprint density at radius 3 is 2.21 bits per heavy atom. The van der Waals surface area contributed by atoms with Crippen molar-refractivity contribution >= 4 is 11.9 Å². The molecule has 0 aliphatic heterocycles. The van der Waals surface area contributed by atoms with Gasteiger partial charge in [-0.05, 0) is 12.8 Å². The molecule has 5 heteroatoms. The van der Waals surface area contributed by atoms with Crippen molar-refractivity contribution in [1.29, 1.82) is 0 Å². The molecule has 4 N–H and O–H groups in total. The number of nitrogens with one attached hydrogen (secondary N) is 2. The van der Waals surface area contributed by atoms with E-state index in [1.165, 1.54) is 0 Å². The molecule has 0 heterocycles. The van der Waals surface area contributed by atoms with E-state index in [0.717, 1.165) is 12.8 Å². The minimum absolute atomic E-state index is 0.178. The number of amides is 3. The first-order valence-electron chi connectivity index (χ1n) is 4.96. The lowest BCUT2D eigenvalue weighted by molar-refractivity contribution is -0.118. The SMILES string of the molecule is CCCCNC(=O)NCCCC(N)=O. The van der Waals surface area contributed by atoms with Gasteiger partial charge >= 0.3 is 6.03 Å². The Kier molecular flexibility index (Phi) is 7.59. The minimum Gasteiger partial charge on any atom is -0.370 e. The van der Waals surface area contributed by atoms with Crippen molar-refractivity contribution in [2.24, 2.45) is 5.73 Å². The maximum absolute atomic E-state index is 11.0. The van der Waals surface area contributed by atoms with Gasteiger partial charge in [0, 0.05) is 19.5 Å². The summed E-state index contributed by atoms with van der Waals surface area (Å²) >= 11 is 0. The Labute approximate surface area is 84.4 Å². The largest absolute Gasteiger partial charge is 0.370 e. The standard InChI is InChI=1S/C9H19N3O2/c1-2-3-6-11-9(14)12-7-4-5-8(10)13/h2-7H2,1H3,(H2,10,13)(H2,11,12,14). The molecule has 0 spiro atoms. The molecule has 0 rings (SSSR count). The highest BCUT2D eigenvalue weighted by atomic mass is 16.2. The van der Waals surface area contributed by atoms with Crippen molar-refractivity contribution in [3.8, 4) is 0 Å². The molecule has 0 aromatic rings. The number of unbranched alkanes of at least 4 members (excludes halogenated alkanes) is 1. The van der Waals surface area contributed by atoms with Gasteiger partial charge < -0.3 is 16.4 Å². The average Bonchev–Trinajstić information content (AvgIpc) is 2.13. The zero-order valence-corrected chi connectivity index (χ0v) is 8.64. The molecular weight excluding hydrogens is 182 g/mol. The van der Waals surface area contributed by atoms with Crippen LogP contribution in [0.4, 0.5) is 4.79 Å². The van der Waals surface area contributed by atoms with Crippen LogP contribution in [-0.4, -0.2) is 25.0 Å². The van der Waals surface area contributed by atoms with Crippen LogP contribution in [-0.2, 0) is 4.79 Å². The third kappa shape index (κ3) is 8.83. The van der Waals surface area contributed by atoms with Crippen LogP contribution in [0, 0.1) is 0 Å². The molecule has 3 amide bonds. The van der Waals surface area contributed by atoms with Crippen LogP contribution in [0.25, 0.3) is 0 Å². The predicted molar refractivity (Wildman–Crippen MR) is 54.7 cm³/mol. The molecule has 0 saturated carbocycles. The van der Waals surface area contributed by atoms with Gasteiger partial charge in [-0.2, -0.15) is 0 Å². The monoisotopic (exact) mass is 201 g/mol. The van der Waals surface area contributed by atoms with Gasteiger partial charge in [-0.25, -0.2) is 4.79 Å². The number of primary amides is 1. The Morgan fingerprint density at radius 2 is 1.71 bits per heavy atom. The number of carbonyl (C=O) groups excluding carboxylic acids is 2. The van der Waals surface area contributed by atoms with E-state index in [4.69, 9.17) is 5.73 Å². The van der Waals surface area contributed by atoms with Gasteiger partial charge in [0.1, 0.15) is 0 Å². The summed E-state index contributed by atoms with van der Waals surface area (Å²) in [5.74, 6) is -0.335. The first-order valence-corrected chi connectivity index (χ1v) is 4.96. The van der Waals surface area contributed by atoms with Gasteiger partial charge in [0.25, 0.3) is 0 Å². The number of rotatable bonds is 7. The van der Waals surface area contributed by atoms with E-state index < -0.39 is 0 Å². The highest BCUT2D eigenvalue weighted by Gasteiger charge is 1.98. The van der Waals surface area contributed by atoms with Crippen LogP contribution >= 0.6 is 0 Å². The van der Waals surface area contributed by atoms with Gasteiger partial charge in [0.05, 0.1) is 0 Å². The van der Waals surface area contributed by atoms with Crippen LogP contribution in [0.1, 0.15) is 32.6 Å². The molecule has 0 bridgehead atoms. The van der Waals surface area contributed by atoms with Crippen molar-refractivity contribution < 1.29 is 9.59 Å². The second kappa shape index (κ2) is 8.34. The minimum atomic E-state index is -0.335. The normalized spacial score (nSPS) is 9.50. The summed E-state index contributed by atoms with van der Waals surface area (Å²) in [6.07, 6.45) is 2.95. The zero-order valence-electron chi connectivity index (χ0n) is 8.64. The smallest absolute Gasteiger partial charge is 0.314 e. The second-order valence-corrected chi connectivity index (χ2v) is 3.11. The molecule has 0 aliphatic rings. The molecule has 0 radical (unpaired) electrons. The number of hydrogen-bond donors (Lipinski definition) is 3. The van der Waals surface area contributed by atoms with Crippen molar-refractivity contribution in [3.63, 3.8) is 0 Å². The lowest BCUT2D eigenvalue weighted by Gasteiger charge is -2.05. The fourth-order valence-corrected chi connectivity index (χ4v) is 0.906. The molecule has 0 saturated heterocycles. The fourth-order valence-electron chi connectivity index (χ4n) is 0.906. The summed E-state index contributed by atoms with van der Waals surface area (Å²) in [5.41, 5.74) is 4.94. The van der Waals surface area contributed by atoms with Gasteiger partial charge in [-0.15, -0.1) is 0 Å². The molecule has 0 aliphatic carbocycles. The lowest BCUT2D eigenvalue weighted by atomic mass is 10.3. The van der Waals surface area contributed by atoms with Crippen LogP contribution in [0.3, 0.4) is 0 Å². The third-order valence-electron chi connectivity index (χ3n) is 1.70. The van der Waals surface area contributed by atoms with E-state index in [-0.39, 0.29) is 11.9 Å².